The number of aryl methyl sites for hydroxylation is 1. The highest BCUT2D eigenvalue weighted by Crippen LogP contribution is 2.16. The van der Waals surface area contributed by atoms with Gasteiger partial charge in [-0.25, -0.2) is 0 Å². The molecule has 2 N–H and O–H groups in total. The van der Waals surface area contributed by atoms with Crippen LogP contribution in [0.4, 0.5) is 0 Å². The molecule has 1 saturated heterocycles. The van der Waals surface area contributed by atoms with Crippen LogP contribution in [0.5, 0.6) is 0 Å². The highest BCUT2D eigenvalue weighted by molar-refractivity contribution is 14.0. The summed E-state index contributed by atoms with van der Waals surface area (Å²) in [7, 11) is 3.75. The van der Waals surface area contributed by atoms with Gasteiger partial charge in [-0.05, 0) is 30.5 Å². The molecular weight excluding hydrogens is 519 g/mol. The van der Waals surface area contributed by atoms with Gasteiger partial charge in [0.05, 0.1) is 6.20 Å². The quantitative estimate of drug-likeness (QED) is 0.344. The topological polar surface area (TPSA) is 57.5 Å². The number of nitrogens with one attached hydrogen (secondary N) is 2. The van der Waals surface area contributed by atoms with E-state index in [0.29, 0.717) is 6.04 Å². The number of nitrogens with zero attached hydrogens (tertiary/aromatic N) is 4. The first kappa shape index (κ1) is 22.2. The van der Waals surface area contributed by atoms with Crippen molar-refractivity contribution in [2.45, 2.75) is 32.0 Å². The Kier molecular flexibility index (Phi) is 9.04. The Morgan fingerprint density at radius 3 is 2.52 bits per heavy atom. The van der Waals surface area contributed by atoms with Crippen molar-refractivity contribution in [3.05, 3.63) is 52.3 Å². The van der Waals surface area contributed by atoms with Gasteiger partial charge in [-0.3, -0.25) is 14.6 Å². The number of aliphatic imine (C=N–C) groups is 1. The zero-order valence-corrected chi connectivity index (χ0v) is 19.8. The largest absolute Gasteiger partial charge is 0.354 e. The molecule has 0 atom stereocenters. The van der Waals surface area contributed by atoms with E-state index >= 15 is 0 Å². The molecule has 0 aliphatic carbocycles. The maximum atomic E-state index is 4.35. The van der Waals surface area contributed by atoms with Crippen molar-refractivity contribution in [2.24, 2.45) is 12.0 Å². The summed E-state index contributed by atoms with van der Waals surface area (Å²) in [5, 5.41) is 11.1. The molecule has 2 aromatic rings. The highest BCUT2D eigenvalue weighted by Gasteiger charge is 2.20. The lowest BCUT2D eigenvalue weighted by atomic mass is 10.0. The summed E-state index contributed by atoms with van der Waals surface area (Å²) < 4.78 is 2.95. The fourth-order valence-corrected chi connectivity index (χ4v) is 3.48. The van der Waals surface area contributed by atoms with E-state index in [-0.39, 0.29) is 24.0 Å². The Labute approximate surface area is 187 Å². The zero-order valence-electron chi connectivity index (χ0n) is 15.9. The smallest absolute Gasteiger partial charge is 0.191 e. The van der Waals surface area contributed by atoms with Crippen molar-refractivity contribution < 1.29 is 0 Å². The maximum absolute atomic E-state index is 4.35. The van der Waals surface area contributed by atoms with Crippen molar-refractivity contribution in [2.75, 3.05) is 20.1 Å². The van der Waals surface area contributed by atoms with Gasteiger partial charge in [0.2, 0.25) is 0 Å². The lowest BCUT2D eigenvalue weighted by Gasteiger charge is -2.33. The van der Waals surface area contributed by atoms with Gasteiger partial charge in [0.15, 0.2) is 5.96 Å². The van der Waals surface area contributed by atoms with Gasteiger partial charge in [0.25, 0.3) is 0 Å². The first-order valence-electron chi connectivity index (χ1n) is 9.04. The third kappa shape index (κ3) is 7.08. The summed E-state index contributed by atoms with van der Waals surface area (Å²) in [5.74, 6) is 0.861. The Morgan fingerprint density at radius 1 is 1.22 bits per heavy atom. The van der Waals surface area contributed by atoms with Gasteiger partial charge in [-0.2, -0.15) is 5.10 Å². The van der Waals surface area contributed by atoms with Crippen molar-refractivity contribution in [1.82, 2.24) is 25.3 Å². The molecular formula is C19H28BrIN6. The number of likely N-dealkylation sites (tertiary alicyclic amines) is 1. The van der Waals surface area contributed by atoms with E-state index in [9.17, 15) is 0 Å². The van der Waals surface area contributed by atoms with Crippen LogP contribution < -0.4 is 10.6 Å². The number of guanidine groups is 1. The molecule has 0 saturated carbocycles. The van der Waals surface area contributed by atoms with E-state index < -0.39 is 0 Å². The molecule has 2 heterocycles. The minimum atomic E-state index is 0. The summed E-state index contributed by atoms with van der Waals surface area (Å²) in [6, 6.07) is 9.08. The number of halogens is 2. The normalized spacial score (nSPS) is 16.0. The van der Waals surface area contributed by atoms with Crippen LogP contribution in [-0.4, -0.2) is 46.8 Å². The van der Waals surface area contributed by atoms with E-state index in [0.717, 1.165) is 55.0 Å². The van der Waals surface area contributed by atoms with Crippen LogP contribution in [0.2, 0.25) is 0 Å². The number of hydrogen-bond acceptors (Lipinski definition) is 3. The average Bonchev–Trinajstić information content (AvgIpc) is 3.07. The number of aromatic nitrogens is 2. The first-order chi connectivity index (χ1) is 12.6. The van der Waals surface area contributed by atoms with Crippen LogP contribution in [-0.2, 0) is 20.1 Å². The lowest BCUT2D eigenvalue weighted by molar-refractivity contribution is 0.198. The van der Waals surface area contributed by atoms with E-state index in [1.165, 1.54) is 5.56 Å². The molecule has 0 amide bonds. The molecule has 3 rings (SSSR count). The molecule has 1 aromatic heterocycles. The van der Waals surface area contributed by atoms with Gasteiger partial charge < -0.3 is 10.6 Å². The van der Waals surface area contributed by atoms with Crippen LogP contribution in [0.3, 0.4) is 0 Å². The average molecular weight is 547 g/mol. The van der Waals surface area contributed by atoms with Crippen LogP contribution in [0.1, 0.15) is 24.0 Å². The van der Waals surface area contributed by atoms with E-state index in [1.807, 2.05) is 31.2 Å². The number of hydrogen-bond donors (Lipinski definition) is 2. The number of rotatable bonds is 5. The standard InChI is InChI=1S/C19H27BrN6.HI/c1-21-19(22-11-16-12-23-25(2)13-16)24-18-7-9-26(10-8-18)14-15-3-5-17(20)6-4-15;/h3-6,12-13,18H,7-11,14H2,1-2H3,(H2,21,22,24);1H. The van der Waals surface area contributed by atoms with E-state index in [1.54, 1.807) is 0 Å². The molecule has 8 heteroatoms. The number of benzene rings is 1. The molecule has 1 aliphatic rings. The Morgan fingerprint density at radius 2 is 1.93 bits per heavy atom. The second-order valence-electron chi connectivity index (χ2n) is 6.77. The summed E-state index contributed by atoms with van der Waals surface area (Å²) in [6.07, 6.45) is 6.15. The van der Waals surface area contributed by atoms with Crippen LogP contribution >= 0.6 is 39.9 Å². The maximum Gasteiger partial charge on any atom is 0.191 e. The summed E-state index contributed by atoms with van der Waals surface area (Å²) in [4.78, 5) is 6.87. The molecule has 0 radical (unpaired) electrons. The molecule has 0 unspecified atom stereocenters. The summed E-state index contributed by atoms with van der Waals surface area (Å²) in [5.41, 5.74) is 2.52. The van der Waals surface area contributed by atoms with Crippen LogP contribution in [0.15, 0.2) is 46.1 Å². The van der Waals surface area contributed by atoms with Crippen LogP contribution in [0, 0.1) is 0 Å². The summed E-state index contributed by atoms with van der Waals surface area (Å²) in [6.45, 7) is 3.96. The first-order valence-corrected chi connectivity index (χ1v) is 9.83. The fourth-order valence-electron chi connectivity index (χ4n) is 3.22. The van der Waals surface area contributed by atoms with Gasteiger partial charge in [-0.15, -0.1) is 24.0 Å². The second-order valence-corrected chi connectivity index (χ2v) is 7.68. The third-order valence-electron chi connectivity index (χ3n) is 4.69. The molecule has 27 heavy (non-hydrogen) atoms. The molecule has 1 fully saturated rings. The van der Waals surface area contributed by atoms with Gasteiger partial charge in [0, 0.05) is 62.5 Å². The monoisotopic (exact) mass is 546 g/mol. The molecule has 1 aromatic carbocycles. The Hall–Kier alpha value is -1.13. The summed E-state index contributed by atoms with van der Waals surface area (Å²) >= 11 is 3.49. The third-order valence-corrected chi connectivity index (χ3v) is 5.22. The fraction of sp³-hybridized carbons (Fsp3) is 0.474. The van der Waals surface area contributed by atoms with Crippen molar-refractivity contribution in [3.8, 4) is 0 Å². The van der Waals surface area contributed by atoms with Gasteiger partial charge in [-0.1, -0.05) is 28.1 Å². The highest BCUT2D eigenvalue weighted by atomic mass is 127. The Bertz CT molecular complexity index is 722. The molecule has 0 bridgehead atoms. The van der Waals surface area contributed by atoms with E-state index in [4.69, 9.17) is 0 Å². The van der Waals surface area contributed by atoms with Crippen molar-refractivity contribution in [3.63, 3.8) is 0 Å². The SMILES string of the molecule is CN=C(NCc1cnn(C)c1)NC1CCN(Cc2ccc(Br)cc2)CC1.I. The molecule has 6 nitrogen and oxygen atoms in total. The van der Waals surface area contributed by atoms with Gasteiger partial charge >= 0.3 is 0 Å². The molecule has 148 valence electrons. The van der Waals surface area contributed by atoms with Crippen LogP contribution in [0.25, 0.3) is 0 Å². The van der Waals surface area contributed by atoms with Crippen molar-refractivity contribution >= 4 is 45.9 Å². The Balaban J connectivity index is 0.00000261. The number of piperidine rings is 1. The van der Waals surface area contributed by atoms with Gasteiger partial charge in [0.1, 0.15) is 0 Å². The molecule has 0 spiro atoms. The minimum Gasteiger partial charge on any atom is -0.354 e. The zero-order chi connectivity index (χ0) is 18.4. The van der Waals surface area contributed by atoms with Crippen molar-refractivity contribution in [1.29, 1.82) is 0 Å². The minimum absolute atomic E-state index is 0. The molecule has 1 aliphatic heterocycles. The predicted octanol–water partition coefficient (Wildman–Crippen LogP) is 3.13. The van der Waals surface area contributed by atoms with E-state index in [2.05, 4.69) is 65.8 Å². The second kappa shape index (κ2) is 11.0. The predicted molar refractivity (Wildman–Crippen MR) is 124 cm³/mol. The lowest BCUT2D eigenvalue weighted by Crippen LogP contribution is -2.48.